The summed E-state index contributed by atoms with van der Waals surface area (Å²) >= 11 is 0. The van der Waals surface area contributed by atoms with E-state index in [0.717, 1.165) is 4.68 Å². The second kappa shape index (κ2) is 5.15. The van der Waals surface area contributed by atoms with E-state index in [1.54, 1.807) is 0 Å². The number of halogens is 3. The lowest BCUT2D eigenvalue weighted by molar-refractivity contribution is -0.147. The molecular formula is C12H11F3N4O2. The van der Waals surface area contributed by atoms with Crippen molar-refractivity contribution >= 4 is 5.97 Å². The summed E-state index contributed by atoms with van der Waals surface area (Å²) in [6.07, 6.45) is 0. The van der Waals surface area contributed by atoms with Crippen molar-refractivity contribution in [1.82, 2.24) is 20.2 Å². The third-order valence-corrected chi connectivity index (χ3v) is 2.89. The van der Waals surface area contributed by atoms with Crippen LogP contribution in [0.1, 0.15) is 13.8 Å². The number of hydrogen-bond acceptors (Lipinski definition) is 4. The van der Waals surface area contributed by atoms with Crippen molar-refractivity contribution in [1.29, 1.82) is 0 Å². The quantitative estimate of drug-likeness (QED) is 0.932. The molecule has 2 rings (SSSR count). The monoisotopic (exact) mass is 300 g/mol. The first-order chi connectivity index (χ1) is 9.72. The van der Waals surface area contributed by atoms with Gasteiger partial charge in [0.2, 0.25) is 0 Å². The summed E-state index contributed by atoms with van der Waals surface area (Å²) in [7, 11) is 0. The number of benzene rings is 1. The number of nitrogens with zero attached hydrogens (tertiary/aromatic N) is 4. The van der Waals surface area contributed by atoms with Crippen LogP contribution >= 0.6 is 0 Å². The van der Waals surface area contributed by atoms with Gasteiger partial charge in [-0.1, -0.05) is 0 Å². The highest BCUT2D eigenvalue weighted by Gasteiger charge is 2.30. The molecule has 0 aliphatic rings. The lowest BCUT2D eigenvalue weighted by Gasteiger charge is -2.19. The van der Waals surface area contributed by atoms with Crippen LogP contribution in [0.5, 0.6) is 0 Å². The second-order valence-corrected chi connectivity index (χ2v) is 5.09. The minimum atomic E-state index is -1.25. The molecule has 2 aromatic rings. The third kappa shape index (κ3) is 2.86. The zero-order chi connectivity index (χ0) is 15.8. The molecule has 1 aromatic carbocycles. The zero-order valence-corrected chi connectivity index (χ0v) is 11.1. The zero-order valence-electron chi connectivity index (χ0n) is 11.1. The number of aromatic nitrogens is 4. The Hall–Kier alpha value is -2.45. The van der Waals surface area contributed by atoms with Gasteiger partial charge in [0.15, 0.2) is 5.82 Å². The van der Waals surface area contributed by atoms with Gasteiger partial charge in [0, 0.05) is 12.1 Å². The average Bonchev–Trinajstić information content (AvgIpc) is 2.75. The lowest BCUT2D eigenvalue weighted by Crippen LogP contribution is -2.30. The Balaban J connectivity index is 2.49. The largest absolute Gasteiger partial charge is 0.481 e. The standard InChI is InChI=1S/C12H11F3N4O2/c1-12(2,11(20)21)5-19-10(16-17-18-19)9-7(14)3-6(13)4-8(9)15/h3-4H,5H2,1-2H3,(H,20,21). The first-order valence-electron chi connectivity index (χ1n) is 5.87. The number of tetrazole rings is 1. The van der Waals surface area contributed by atoms with Crippen LogP contribution < -0.4 is 0 Å². The number of aliphatic carboxylic acids is 1. The van der Waals surface area contributed by atoms with Crippen LogP contribution in [0, 0.1) is 22.9 Å². The Bertz CT molecular complexity index is 677. The Kier molecular flexibility index (Phi) is 3.67. The van der Waals surface area contributed by atoms with Crippen LogP contribution in [-0.2, 0) is 11.3 Å². The molecule has 0 saturated carbocycles. The number of hydrogen-bond donors (Lipinski definition) is 1. The van der Waals surface area contributed by atoms with Crippen LogP contribution in [0.4, 0.5) is 13.2 Å². The normalized spacial score (nSPS) is 11.7. The van der Waals surface area contributed by atoms with E-state index in [9.17, 15) is 18.0 Å². The van der Waals surface area contributed by atoms with Crippen molar-refractivity contribution in [2.24, 2.45) is 5.41 Å². The molecule has 0 spiro atoms. The molecule has 9 heteroatoms. The van der Waals surface area contributed by atoms with E-state index in [1.807, 2.05) is 0 Å². The Morgan fingerprint density at radius 2 is 1.86 bits per heavy atom. The topological polar surface area (TPSA) is 80.9 Å². The molecule has 0 fully saturated rings. The minimum absolute atomic E-state index is 0.207. The molecule has 21 heavy (non-hydrogen) atoms. The summed E-state index contributed by atoms with van der Waals surface area (Å²) in [6, 6.07) is 1.000. The smallest absolute Gasteiger partial charge is 0.310 e. The number of carbonyl (C=O) groups is 1. The average molecular weight is 300 g/mol. The van der Waals surface area contributed by atoms with Crippen LogP contribution in [-0.4, -0.2) is 31.3 Å². The predicted octanol–water partition coefficient (Wildman–Crippen LogP) is 1.87. The van der Waals surface area contributed by atoms with Crippen molar-refractivity contribution in [3.8, 4) is 11.4 Å². The lowest BCUT2D eigenvalue weighted by atomic mass is 9.94. The van der Waals surface area contributed by atoms with Gasteiger partial charge >= 0.3 is 5.97 Å². The van der Waals surface area contributed by atoms with E-state index in [0.29, 0.717) is 12.1 Å². The molecule has 0 saturated heterocycles. The van der Waals surface area contributed by atoms with Crippen LogP contribution in [0.3, 0.4) is 0 Å². The summed E-state index contributed by atoms with van der Waals surface area (Å²) in [4.78, 5) is 11.1. The molecule has 0 aliphatic heterocycles. The van der Waals surface area contributed by atoms with Crippen LogP contribution in [0.15, 0.2) is 12.1 Å². The van der Waals surface area contributed by atoms with Crippen molar-refractivity contribution in [2.75, 3.05) is 0 Å². The van der Waals surface area contributed by atoms with Crippen LogP contribution in [0.25, 0.3) is 11.4 Å². The number of carboxylic acid groups (broad SMARTS) is 1. The molecule has 0 atom stereocenters. The van der Waals surface area contributed by atoms with Crippen molar-refractivity contribution in [3.05, 3.63) is 29.6 Å². The molecular weight excluding hydrogens is 289 g/mol. The molecule has 0 aliphatic carbocycles. The highest BCUT2D eigenvalue weighted by atomic mass is 19.1. The fourth-order valence-corrected chi connectivity index (χ4v) is 1.69. The Morgan fingerprint density at radius 3 is 2.38 bits per heavy atom. The molecule has 0 amide bonds. The predicted molar refractivity (Wildman–Crippen MR) is 64.5 cm³/mol. The Morgan fingerprint density at radius 1 is 1.29 bits per heavy atom. The number of carboxylic acids is 1. The molecule has 1 N–H and O–H groups in total. The van der Waals surface area contributed by atoms with E-state index in [1.165, 1.54) is 13.8 Å². The van der Waals surface area contributed by atoms with E-state index in [-0.39, 0.29) is 12.4 Å². The molecule has 0 bridgehead atoms. The summed E-state index contributed by atoms with van der Waals surface area (Å²) in [5.74, 6) is -4.84. The van der Waals surface area contributed by atoms with Gasteiger partial charge in [0.1, 0.15) is 17.5 Å². The van der Waals surface area contributed by atoms with Gasteiger partial charge in [0.25, 0.3) is 0 Å². The van der Waals surface area contributed by atoms with Gasteiger partial charge in [0.05, 0.1) is 17.5 Å². The van der Waals surface area contributed by atoms with Crippen LogP contribution in [0.2, 0.25) is 0 Å². The van der Waals surface area contributed by atoms with Crippen molar-refractivity contribution in [3.63, 3.8) is 0 Å². The molecule has 112 valence electrons. The maximum absolute atomic E-state index is 13.7. The first-order valence-corrected chi connectivity index (χ1v) is 5.87. The maximum atomic E-state index is 13.7. The van der Waals surface area contributed by atoms with Crippen molar-refractivity contribution < 1.29 is 23.1 Å². The Labute approximate surface area is 117 Å². The van der Waals surface area contributed by atoms with E-state index in [4.69, 9.17) is 5.11 Å². The van der Waals surface area contributed by atoms with Gasteiger partial charge < -0.3 is 5.11 Å². The summed E-state index contributed by atoms with van der Waals surface area (Å²) in [6.45, 7) is 2.62. The molecule has 6 nitrogen and oxygen atoms in total. The van der Waals surface area contributed by atoms with Gasteiger partial charge in [-0.25, -0.2) is 17.9 Å². The van der Waals surface area contributed by atoms with Crippen molar-refractivity contribution in [2.45, 2.75) is 20.4 Å². The van der Waals surface area contributed by atoms with E-state index >= 15 is 0 Å². The molecule has 0 unspecified atom stereocenters. The van der Waals surface area contributed by atoms with Gasteiger partial charge in [-0.15, -0.1) is 5.10 Å². The van der Waals surface area contributed by atoms with E-state index in [2.05, 4.69) is 15.5 Å². The minimum Gasteiger partial charge on any atom is -0.481 e. The first kappa shape index (κ1) is 14.9. The fourth-order valence-electron chi connectivity index (χ4n) is 1.69. The van der Waals surface area contributed by atoms with Gasteiger partial charge in [-0.3, -0.25) is 4.79 Å². The van der Waals surface area contributed by atoms with Gasteiger partial charge in [-0.05, 0) is 24.3 Å². The third-order valence-electron chi connectivity index (χ3n) is 2.89. The summed E-state index contributed by atoms with van der Waals surface area (Å²) in [5, 5.41) is 19.4. The maximum Gasteiger partial charge on any atom is 0.310 e. The highest BCUT2D eigenvalue weighted by Crippen LogP contribution is 2.27. The number of rotatable bonds is 4. The summed E-state index contributed by atoms with van der Waals surface area (Å²) in [5.41, 5.74) is -1.86. The fraction of sp³-hybridized carbons (Fsp3) is 0.333. The molecule has 1 aromatic heterocycles. The molecule has 1 heterocycles. The van der Waals surface area contributed by atoms with E-state index < -0.39 is 34.4 Å². The highest BCUT2D eigenvalue weighted by molar-refractivity contribution is 5.73. The SMILES string of the molecule is CC(C)(Cn1nnnc1-c1c(F)cc(F)cc1F)C(=O)O. The summed E-state index contributed by atoms with van der Waals surface area (Å²) < 4.78 is 41.4. The molecule has 0 radical (unpaired) electrons. The van der Waals surface area contributed by atoms with Gasteiger partial charge in [-0.2, -0.15) is 0 Å². The second-order valence-electron chi connectivity index (χ2n) is 5.09.